The van der Waals surface area contributed by atoms with Crippen molar-refractivity contribution in [3.8, 4) is 0 Å². The predicted octanol–water partition coefficient (Wildman–Crippen LogP) is 5.33. The Morgan fingerprint density at radius 3 is 1.89 bits per heavy atom. The highest BCUT2D eigenvalue weighted by Gasteiger charge is 2.29. The van der Waals surface area contributed by atoms with Crippen LogP contribution < -0.4 is 0 Å². The van der Waals surface area contributed by atoms with Crippen LogP contribution in [0.4, 0.5) is 0 Å². The maximum absolute atomic E-state index is 3.78. The van der Waals surface area contributed by atoms with Crippen LogP contribution in [0, 0.1) is 11.3 Å². The van der Waals surface area contributed by atoms with Gasteiger partial charge in [0.25, 0.3) is 0 Å². The lowest BCUT2D eigenvalue weighted by Gasteiger charge is -2.38. The molecule has 0 aromatic carbocycles. The van der Waals surface area contributed by atoms with Gasteiger partial charge in [0.1, 0.15) is 0 Å². The summed E-state index contributed by atoms with van der Waals surface area (Å²) in [6.45, 7) is 12.9. The van der Waals surface area contributed by atoms with Gasteiger partial charge in [-0.25, -0.2) is 0 Å². The number of hydrogen-bond donors (Lipinski definition) is 0. The quantitative estimate of drug-likeness (QED) is 0.491. The predicted molar refractivity (Wildman–Crippen MR) is 87.6 cm³/mol. The zero-order chi connectivity index (χ0) is 14.2. The molecule has 1 unspecified atom stereocenters. The van der Waals surface area contributed by atoms with Gasteiger partial charge in [-0.2, -0.15) is 0 Å². The lowest BCUT2D eigenvalue weighted by molar-refractivity contribution is 0.129. The van der Waals surface area contributed by atoms with E-state index >= 15 is 0 Å². The summed E-state index contributed by atoms with van der Waals surface area (Å²) in [7, 11) is 2.30. The third-order valence-corrected chi connectivity index (χ3v) is 5.18. The zero-order valence-corrected chi connectivity index (χ0v) is 15.0. The van der Waals surface area contributed by atoms with Crippen molar-refractivity contribution in [1.82, 2.24) is 4.90 Å². The van der Waals surface area contributed by atoms with E-state index in [1.54, 1.807) is 0 Å². The zero-order valence-electron chi connectivity index (χ0n) is 13.4. The smallest absolute Gasteiger partial charge is 0.0100 e. The number of hydrogen-bond acceptors (Lipinski definition) is 1. The van der Waals surface area contributed by atoms with E-state index in [9.17, 15) is 0 Å². The monoisotopic (exact) mass is 319 g/mol. The molecule has 0 aliphatic rings. The second-order valence-electron chi connectivity index (χ2n) is 6.53. The first-order chi connectivity index (χ1) is 8.40. The number of alkyl halides is 1. The maximum Gasteiger partial charge on any atom is 0.0100 e. The highest BCUT2D eigenvalue weighted by Crippen LogP contribution is 2.33. The Bertz CT molecular complexity index is 197. The van der Waals surface area contributed by atoms with Gasteiger partial charge in [-0.1, -0.05) is 56.5 Å². The fourth-order valence-electron chi connectivity index (χ4n) is 3.07. The van der Waals surface area contributed by atoms with Gasteiger partial charge < -0.3 is 4.90 Å². The Kier molecular flexibility index (Phi) is 9.59. The van der Waals surface area contributed by atoms with E-state index in [0.29, 0.717) is 11.5 Å². The number of halogens is 1. The van der Waals surface area contributed by atoms with E-state index in [4.69, 9.17) is 0 Å². The van der Waals surface area contributed by atoms with E-state index in [2.05, 4.69) is 62.5 Å². The number of nitrogens with zero attached hydrogens (tertiary/aromatic N) is 1. The van der Waals surface area contributed by atoms with Crippen molar-refractivity contribution in [2.24, 2.45) is 11.3 Å². The summed E-state index contributed by atoms with van der Waals surface area (Å²) in [5.74, 6) is 0.790. The molecular formula is C16H34BrN. The molecule has 1 atom stereocenters. The fourth-order valence-corrected chi connectivity index (χ4v) is 3.80. The lowest BCUT2D eigenvalue weighted by atomic mass is 9.80. The van der Waals surface area contributed by atoms with Crippen LogP contribution in [0.25, 0.3) is 0 Å². The van der Waals surface area contributed by atoms with Crippen LogP contribution >= 0.6 is 15.9 Å². The third-order valence-electron chi connectivity index (χ3n) is 3.99. The van der Waals surface area contributed by atoms with Gasteiger partial charge in [0.15, 0.2) is 0 Å². The third kappa shape index (κ3) is 6.56. The normalized spacial score (nSPS) is 14.5. The molecule has 0 aliphatic carbocycles. The molecule has 0 heterocycles. The summed E-state index contributed by atoms with van der Waals surface area (Å²) >= 11 is 3.78. The van der Waals surface area contributed by atoms with Gasteiger partial charge in [-0.05, 0) is 44.6 Å². The summed E-state index contributed by atoms with van der Waals surface area (Å²) in [5, 5.41) is 1.14. The van der Waals surface area contributed by atoms with Gasteiger partial charge >= 0.3 is 0 Å². The topological polar surface area (TPSA) is 3.24 Å². The standard InChI is InChI=1S/C16H34BrN/c1-7-9-16(12-17,10-8-2)13-18(6)15(5)11-14(3)4/h14-15H,7-13H2,1-6H3. The average molecular weight is 320 g/mol. The van der Waals surface area contributed by atoms with Crippen molar-refractivity contribution < 1.29 is 0 Å². The first-order valence-corrected chi connectivity index (χ1v) is 8.79. The van der Waals surface area contributed by atoms with Gasteiger partial charge in [0.05, 0.1) is 0 Å². The van der Waals surface area contributed by atoms with Crippen molar-refractivity contribution in [3.63, 3.8) is 0 Å². The van der Waals surface area contributed by atoms with Crippen LogP contribution in [0.3, 0.4) is 0 Å². The minimum atomic E-state index is 0.476. The molecule has 0 saturated heterocycles. The van der Waals surface area contributed by atoms with Crippen molar-refractivity contribution in [1.29, 1.82) is 0 Å². The molecule has 0 rings (SSSR count). The SMILES string of the molecule is CCCC(CBr)(CCC)CN(C)C(C)CC(C)C. The van der Waals surface area contributed by atoms with E-state index in [0.717, 1.165) is 11.2 Å². The van der Waals surface area contributed by atoms with E-state index in [-0.39, 0.29) is 0 Å². The Morgan fingerprint density at radius 2 is 1.56 bits per heavy atom. The summed E-state index contributed by atoms with van der Waals surface area (Å²) in [6, 6.07) is 0.692. The Morgan fingerprint density at radius 1 is 1.06 bits per heavy atom. The Balaban J connectivity index is 4.54. The average Bonchev–Trinajstić information content (AvgIpc) is 2.28. The van der Waals surface area contributed by atoms with E-state index < -0.39 is 0 Å². The van der Waals surface area contributed by atoms with Gasteiger partial charge in [-0.3, -0.25) is 0 Å². The van der Waals surface area contributed by atoms with Gasteiger partial charge in [0.2, 0.25) is 0 Å². The lowest BCUT2D eigenvalue weighted by Crippen LogP contribution is -2.41. The molecule has 0 spiro atoms. The molecule has 0 fully saturated rings. The first-order valence-electron chi connectivity index (χ1n) is 7.67. The molecule has 0 saturated carbocycles. The molecular weight excluding hydrogens is 286 g/mol. The minimum absolute atomic E-state index is 0.476. The molecule has 0 aromatic rings. The Labute approximate surface area is 124 Å². The van der Waals surface area contributed by atoms with Crippen LogP contribution in [0.15, 0.2) is 0 Å². The van der Waals surface area contributed by atoms with Crippen molar-refractivity contribution in [2.75, 3.05) is 18.9 Å². The van der Waals surface area contributed by atoms with Crippen LogP contribution in [0.5, 0.6) is 0 Å². The van der Waals surface area contributed by atoms with Crippen molar-refractivity contribution in [2.45, 2.75) is 72.8 Å². The highest BCUT2D eigenvalue weighted by atomic mass is 79.9. The molecule has 0 N–H and O–H groups in total. The molecule has 0 bridgehead atoms. The molecule has 1 nitrogen and oxygen atoms in total. The second kappa shape index (κ2) is 9.36. The molecule has 0 aromatic heterocycles. The fraction of sp³-hybridized carbons (Fsp3) is 1.00. The summed E-state index contributed by atoms with van der Waals surface area (Å²) < 4.78 is 0. The molecule has 0 aliphatic heterocycles. The number of rotatable bonds is 10. The second-order valence-corrected chi connectivity index (χ2v) is 7.09. The highest BCUT2D eigenvalue weighted by molar-refractivity contribution is 9.09. The van der Waals surface area contributed by atoms with Crippen molar-refractivity contribution in [3.05, 3.63) is 0 Å². The van der Waals surface area contributed by atoms with Crippen LogP contribution in [-0.4, -0.2) is 29.9 Å². The molecule has 0 radical (unpaired) electrons. The van der Waals surface area contributed by atoms with Crippen LogP contribution in [0.2, 0.25) is 0 Å². The minimum Gasteiger partial charge on any atom is -0.303 e. The largest absolute Gasteiger partial charge is 0.303 e. The molecule has 0 amide bonds. The maximum atomic E-state index is 3.78. The van der Waals surface area contributed by atoms with Crippen LogP contribution in [-0.2, 0) is 0 Å². The first kappa shape index (κ1) is 18.4. The van der Waals surface area contributed by atoms with Crippen molar-refractivity contribution >= 4 is 15.9 Å². The molecule has 2 heteroatoms. The van der Waals surface area contributed by atoms with Gasteiger partial charge in [-0.15, -0.1) is 0 Å². The molecule has 18 heavy (non-hydrogen) atoms. The summed E-state index contributed by atoms with van der Waals surface area (Å²) in [4.78, 5) is 2.58. The van der Waals surface area contributed by atoms with Crippen LogP contribution in [0.1, 0.15) is 66.7 Å². The Hall–Kier alpha value is 0.440. The van der Waals surface area contributed by atoms with Gasteiger partial charge in [0, 0.05) is 17.9 Å². The van der Waals surface area contributed by atoms with E-state index in [1.807, 2.05) is 0 Å². The van der Waals surface area contributed by atoms with E-state index in [1.165, 1.54) is 38.6 Å². The molecule has 110 valence electrons. The summed E-state index contributed by atoms with van der Waals surface area (Å²) in [5.41, 5.74) is 0.476. The summed E-state index contributed by atoms with van der Waals surface area (Å²) in [6.07, 6.45) is 6.55.